The zero-order valence-electron chi connectivity index (χ0n) is 16.7. The molecule has 4 aromatic rings. The Bertz CT molecular complexity index is 1470. The van der Waals surface area contributed by atoms with Crippen LogP contribution in [-0.2, 0) is 23.0 Å². The molecule has 4 rings (SSSR count). The second-order valence-corrected chi connectivity index (χ2v) is 8.79. The number of nitrogens with one attached hydrogen (secondary N) is 1. The van der Waals surface area contributed by atoms with Gasteiger partial charge in [0.05, 0.1) is 21.7 Å². The number of anilines is 1. The summed E-state index contributed by atoms with van der Waals surface area (Å²) in [5.41, 5.74) is -0.125. The number of nitro benzene ring substituents is 1. The van der Waals surface area contributed by atoms with Gasteiger partial charge < -0.3 is 0 Å². The Morgan fingerprint density at radius 2 is 1.70 bits per heavy atom. The first-order valence-corrected chi connectivity index (χ1v) is 11.0. The number of nitrogens with zero attached hydrogens (tertiary/aromatic N) is 3. The lowest BCUT2D eigenvalue weighted by molar-refractivity contribution is -0.383. The second-order valence-electron chi connectivity index (χ2n) is 7.11. The molecule has 1 aromatic heterocycles. The van der Waals surface area contributed by atoms with Crippen LogP contribution in [0.4, 0.5) is 24.5 Å². The molecule has 8 nitrogen and oxygen atoms in total. The van der Waals surface area contributed by atoms with E-state index >= 15 is 0 Å². The van der Waals surface area contributed by atoms with Gasteiger partial charge in [-0.15, -0.1) is 0 Å². The molecule has 0 atom stereocenters. The molecule has 1 heterocycles. The number of sulfonamides is 1. The highest BCUT2D eigenvalue weighted by Crippen LogP contribution is 2.31. The van der Waals surface area contributed by atoms with E-state index < -0.39 is 42.9 Å². The summed E-state index contributed by atoms with van der Waals surface area (Å²) in [5.74, 6) is -2.41. The van der Waals surface area contributed by atoms with Gasteiger partial charge in [-0.05, 0) is 42.3 Å². The molecule has 0 spiro atoms. The Morgan fingerprint density at radius 3 is 2.36 bits per heavy atom. The number of benzene rings is 3. The average molecular weight is 476 g/mol. The predicted octanol–water partition coefficient (Wildman–Crippen LogP) is 4.41. The quantitative estimate of drug-likeness (QED) is 0.314. The number of halogens is 3. The highest BCUT2D eigenvalue weighted by molar-refractivity contribution is 7.92. The normalized spacial score (nSPS) is 11.6. The van der Waals surface area contributed by atoms with E-state index in [1.54, 1.807) is 12.1 Å². The van der Waals surface area contributed by atoms with E-state index in [2.05, 4.69) is 5.10 Å². The highest BCUT2D eigenvalue weighted by atomic mass is 32.2. The van der Waals surface area contributed by atoms with Crippen molar-refractivity contribution in [1.29, 1.82) is 0 Å². The molecule has 0 aliphatic rings. The van der Waals surface area contributed by atoms with E-state index in [-0.39, 0.29) is 23.3 Å². The van der Waals surface area contributed by atoms with Crippen molar-refractivity contribution in [2.24, 2.45) is 0 Å². The molecule has 0 saturated carbocycles. The summed E-state index contributed by atoms with van der Waals surface area (Å²) < 4.78 is 68.9. The van der Waals surface area contributed by atoms with Gasteiger partial charge in [0.2, 0.25) is 0 Å². The van der Waals surface area contributed by atoms with Crippen molar-refractivity contribution in [2.75, 3.05) is 4.72 Å². The molecule has 0 saturated heterocycles. The van der Waals surface area contributed by atoms with E-state index in [0.717, 1.165) is 23.8 Å². The van der Waals surface area contributed by atoms with Crippen LogP contribution in [0.25, 0.3) is 10.9 Å². The maximum Gasteiger partial charge on any atom is 0.296 e. The lowest BCUT2D eigenvalue weighted by atomic mass is 10.1. The molecule has 3 aromatic carbocycles. The summed E-state index contributed by atoms with van der Waals surface area (Å²) in [5, 5.41) is 16.0. The molecule has 0 unspecified atom stereocenters. The number of non-ortho nitro benzene ring substituents is 1. The average Bonchev–Trinajstić information content (AvgIpc) is 3.17. The van der Waals surface area contributed by atoms with Gasteiger partial charge in [0.1, 0.15) is 23.0 Å². The molecular weight excluding hydrogens is 461 g/mol. The Hall–Kier alpha value is -3.93. The lowest BCUT2D eigenvalue weighted by Crippen LogP contribution is -2.14. The third kappa shape index (κ3) is 4.65. The highest BCUT2D eigenvalue weighted by Gasteiger charge is 2.25. The number of hydrogen-bond donors (Lipinski definition) is 1. The largest absolute Gasteiger partial charge is 0.296 e. The van der Waals surface area contributed by atoms with Crippen LogP contribution < -0.4 is 4.72 Å². The first-order valence-electron chi connectivity index (χ1n) is 9.50. The van der Waals surface area contributed by atoms with Crippen molar-refractivity contribution >= 4 is 32.3 Å². The fourth-order valence-corrected chi connectivity index (χ4v) is 4.43. The number of rotatable bonds is 7. The Labute approximate surface area is 185 Å². The van der Waals surface area contributed by atoms with Crippen molar-refractivity contribution in [2.45, 2.75) is 17.9 Å². The Morgan fingerprint density at radius 1 is 1.00 bits per heavy atom. The Kier molecular flexibility index (Phi) is 5.77. The SMILES string of the molecule is O=[N+]([O-])c1cc(S(=O)(=O)Nc2ccc(F)cc2F)cc2cnn(CCc3ccc(F)cc3)c12. The molecule has 12 heteroatoms. The van der Waals surface area contributed by atoms with Crippen LogP contribution in [0.1, 0.15) is 5.56 Å². The molecule has 0 fully saturated rings. The van der Waals surface area contributed by atoms with Crippen LogP contribution in [0.3, 0.4) is 0 Å². The van der Waals surface area contributed by atoms with Crippen LogP contribution in [0.5, 0.6) is 0 Å². The van der Waals surface area contributed by atoms with Crippen molar-refractivity contribution in [3.8, 4) is 0 Å². The number of aryl methyl sites for hydroxylation is 2. The molecule has 33 heavy (non-hydrogen) atoms. The van der Waals surface area contributed by atoms with Crippen LogP contribution in [0.15, 0.2) is 65.7 Å². The standard InChI is InChI=1S/C21H15F3N4O4S/c22-15-3-1-13(2-4-15)7-8-27-21-14(12-25-27)9-17(11-20(21)28(29)30)33(31,32)26-19-6-5-16(23)10-18(19)24/h1-6,9-12,26H,7-8H2. The van der Waals surface area contributed by atoms with Gasteiger partial charge in [0, 0.05) is 24.1 Å². The van der Waals surface area contributed by atoms with E-state index in [4.69, 9.17) is 0 Å². The summed E-state index contributed by atoms with van der Waals surface area (Å²) in [6.07, 6.45) is 1.68. The van der Waals surface area contributed by atoms with Gasteiger partial charge in [-0.3, -0.25) is 19.5 Å². The fourth-order valence-electron chi connectivity index (χ4n) is 3.31. The van der Waals surface area contributed by atoms with E-state index in [0.29, 0.717) is 12.5 Å². The topological polar surface area (TPSA) is 107 Å². The van der Waals surface area contributed by atoms with E-state index in [1.807, 2.05) is 4.72 Å². The summed E-state index contributed by atoms with van der Waals surface area (Å²) in [6, 6.07) is 10.1. The summed E-state index contributed by atoms with van der Waals surface area (Å²) in [6.45, 7) is 0.223. The first-order chi connectivity index (χ1) is 15.6. The summed E-state index contributed by atoms with van der Waals surface area (Å²) in [4.78, 5) is 10.5. The molecule has 170 valence electrons. The number of nitro groups is 1. The molecule has 0 radical (unpaired) electrons. The van der Waals surface area contributed by atoms with Gasteiger partial charge >= 0.3 is 0 Å². The van der Waals surface area contributed by atoms with Crippen molar-refractivity contribution in [3.63, 3.8) is 0 Å². The molecule has 0 aliphatic heterocycles. The van der Waals surface area contributed by atoms with Crippen LogP contribution in [0.2, 0.25) is 0 Å². The molecular formula is C21H15F3N4O4S. The third-order valence-corrected chi connectivity index (χ3v) is 6.24. The monoisotopic (exact) mass is 476 g/mol. The van der Waals surface area contributed by atoms with E-state index in [9.17, 15) is 31.7 Å². The lowest BCUT2D eigenvalue weighted by Gasteiger charge is -2.10. The minimum atomic E-state index is -4.44. The number of aromatic nitrogens is 2. The minimum Gasteiger partial charge on any atom is -0.277 e. The van der Waals surface area contributed by atoms with Crippen LogP contribution in [0, 0.1) is 27.6 Å². The molecule has 0 aliphatic carbocycles. The predicted molar refractivity (Wildman–Crippen MR) is 114 cm³/mol. The molecule has 0 bridgehead atoms. The maximum absolute atomic E-state index is 13.9. The smallest absolute Gasteiger partial charge is 0.277 e. The van der Waals surface area contributed by atoms with Gasteiger partial charge in [0.25, 0.3) is 15.7 Å². The zero-order chi connectivity index (χ0) is 23.8. The van der Waals surface area contributed by atoms with Gasteiger partial charge in [-0.25, -0.2) is 21.6 Å². The second kappa shape index (κ2) is 8.54. The summed E-state index contributed by atoms with van der Waals surface area (Å²) >= 11 is 0. The number of fused-ring (bicyclic) bond motifs is 1. The van der Waals surface area contributed by atoms with Gasteiger partial charge in [-0.1, -0.05) is 12.1 Å². The van der Waals surface area contributed by atoms with Crippen molar-refractivity contribution in [1.82, 2.24) is 9.78 Å². The zero-order valence-corrected chi connectivity index (χ0v) is 17.5. The molecule has 1 N–H and O–H groups in total. The van der Waals surface area contributed by atoms with Crippen LogP contribution >= 0.6 is 0 Å². The number of hydrogen-bond acceptors (Lipinski definition) is 5. The molecule has 0 amide bonds. The van der Waals surface area contributed by atoms with Gasteiger partial charge in [-0.2, -0.15) is 5.10 Å². The first kappa shape index (κ1) is 22.3. The van der Waals surface area contributed by atoms with Crippen molar-refractivity contribution in [3.05, 3.63) is 93.9 Å². The maximum atomic E-state index is 13.9. The fraction of sp³-hybridized carbons (Fsp3) is 0.0952. The third-order valence-electron chi connectivity index (χ3n) is 4.90. The summed E-state index contributed by atoms with van der Waals surface area (Å²) in [7, 11) is -4.44. The van der Waals surface area contributed by atoms with Crippen molar-refractivity contribution < 1.29 is 26.5 Å². The minimum absolute atomic E-state index is 0.106. The van der Waals surface area contributed by atoms with Gasteiger partial charge in [0.15, 0.2) is 0 Å². The van der Waals surface area contributed by atoms with E-state index in [1.165, 1.54) is 29.1 Å². The van der Waals surface area contributed by atoms with Crippen LogP contribution in [-0.4, -0.2) is 23.1 Å². The Balaban J connectivity index is 1.69.